The monoisotopic (exact) mass is 170 g/mol. The highest BCUT2D eigenvalue weighted by atomic mass is 32.1. The van der Waals surface area contributed by atoms with Crippen LogP contribution in [0.1, 0.15) is 0 Å². The van der Waals surface area contributed by atoms with Crippen LogP contribution in [0.4, 0.5) is 10.0 Å². The van der Waals surface area contributed by atoms with Gasteiger partial charge in [0.2, 0.25) is 0 Å². The second kappa shape index (κ2) is 2.30. The fourth-order valence-electron chi connectivity index (χ4n) is 1.15. The summed E-state index contributed by atoms with van der Waals surface area (Å²) in [5.74, 6) is 0.932. The molecule has 0 saturated heterocycles. The van der Waals surface area contributed by atoms with Crippen molar-refractivity contribution < 1.29 is 4.74 Å². The highest BCUT2D eigenvalue weighted by Gasteiger charge is 2.17. The van der Waals surface area contributed by atoms with Crippen LogP contribution in [0.15, 0.2) is 6.07 Å². The van der Waals surface area contributed by atoms with E-state index in [2.05, 4.69) is 11.9 Å². The van der Waals surface area contributed by atoms with Gasteiger partial charge in [0.1, 0.15) is 11.6 Å². The number of anilines is 2. The number of ether oxygens (including phenoxy) is 1. The molecule has 60 valence electrons. The third-order valence-electron chi connectivity index (χ3n) is 1.73. The standard InChI is InChI=1S/C7H10N2OS/c1-9-2-3-10-5-4-6(8)11-7(5)9/h4H,2-3,8H2,1H3. The predicted molar refractivity (Wildman–Crippen MR) is 47.5 cm³/mol. The number of fused-ring (bicyclic) bond motifs is 1. The molecule has 3 nitrogen and oxygen atoms in total. The number of thiophene rings is 1. The Labute approximate surface area is 69.4 Å². The predicted octanol–water partition coefficient (Wildman–Crippen LogP) is 1.16. The maximum Gasteiger partial charge on any atom is 0.156 e. The van der Waals surface area contributed by atoms with Crippen LogP contribution in [0.25, 0.3) is 0 Å². The molecule has 0 aromatic carbocycles. The Morgan fingerprint density at radius 2 is 2.55 bits per heavy atom. The van der Waals surface area contributed by atoms with Crippen molar-refractivity contribution in [2.75, 3.05) is 30.8 Å². The molecular weight excluding hydrogens is 160 g/mol. The SMILES string of the molecule is CN1CCOc2cc(N)sc21. The van der Waals surface area contributed by atoms with E-state index in [0.717, 1.165) is 28.9 Å². The van der Waals surface area contributed by atoms with E-state index in [-0.39, 0.29) is 0 Å². The Hall–Kier alpha value is -0.900. The van der Waals surface area contributed by atoms with Crippen LogP contribution in [0, 0.1) is 0 Å². The average Bonchev–Trinajstić information content (AvgIpc) is 2.31. The van der Waals surface area contributed by atoms with E-state index in [4.69, 9.17) is 10.5 Å². The first kappa shape index (κ1) is 6.79. The van der Waals surface area contributed by atoms with Gasteiger partial charge in [0, 0.05) is 13.1 Å². The quantitative estimate of drug-likeness (QED) is 0.635. The lowest BCUT2D eigenvalue weighted by Gasteiger charge is -2.23. The molecule has 1 aromatic heterocycles. The molecule has 11 heavy (non-hydrogen) atoms. The molecule has 1 aliphatic heterocycles. The topological polar surface area (TPSA) is 38.5 Å². The highest BCUT2D eigenvalue weighted by Crippen LogP contribution is 2.40. The number of nitrogens with zero attached hydrogens (tertiary/aromatic N) is 1. The van der Waals surface area contributed by atoms with E-state index in [1.165, 1.54) is 0 Å². The van der Waals surface area contributed by atoms with Crippen LogP contribution in [-0.2, 0) is 0 Å². The van der Waals surface area contributed by atoms with Crippen molar-refractivity contribution >= 4 is 21.3 Å². The molecule has 0 saturated carbocycles. The fraction of sp³-hybridized carbons (Fsp3) is 0.429. The second-order valence-corrected chi connectivity index (χ2v) is 3.65. The van der Waals surface area contributed by atoms with E-state index in [1.807, 2.05) is 6.07 Å². The molecule has 0 atom stereocenters. The van der Waals surface area contributed by atoms with Crippen molar-refractivity contribution in [1.29, 1.82) is 0 Å². The minimum absolute atomic E-state index is 0.764. The Bertz CT molecular complexity index is 271. The van der Waals surface area contributed by atoms with Gasteiger partial charge < -0.3 is 15.4 Å². The highest BCUT2D eigenvalue weighted by molar-refractivity contribution is 7.20. The lowest BCUT2D eigenvalue weighted by atomic mass is 10.4. The molecule has 0 aliphatic carbocycles. The number of nitrogen functional groups attached to an aromatic ring is 1. The van der Waals surface area contributed by atoms with Gasteiger partial charge in [0.25, 0.3) is 0 Å². The minimum Gasteiger partial charge on any atom is -0.489 e. The van der Waals surface area contributed by atoms with Gasteiger partial charge in [-0.2, -0.15) is 0 Å². The third-order valence-corrected chi connectivity index (χ3v) is 2.79. The molecule has 0 radical (unpaired) electrons. The first-order valence-corrected chi connectivity index (χ1v) is 4.32. The molecule has 2 rings (SSSR count). The number of hydrogen-bond donors (Lipinski definition) is 1. The van der Waals surface area contributed by atoms with Crippen LogP contribution in [-0.4, -0.2) is 20.2 Å². The zero-order chi connectivity index (χ0) is 7.84. The van der Waals surface area contributed by atoms with Gasteiger partial charge in [-0.25, -0.2) is 0 Å². The summed E-state index contributed by atoms with van der Waals surface area (Å²) >= 11 is 1.58. The molecule has 1 aromatic rings. The fourth-order valence-corrected chi connectivity index (χ4v) is 2.00. The van der Waals surface area contributed by atoms with Gasteiger partial charge in [-0.3, -0.25) is 0 Å². The second-order valence-electron chi connectivity index (χ2n) is 2.59. The molecule has 2 heterocycles. The number of likely N-dealkylation sites (N-methyl/N-ethyl adjacent to an activating group) is 1. The van der Waals surface area contributed by atoms with E-state index in [1.54, 1.807) is 11.3 Å². The molecular formula is C7H10N2OS. The lowest BCUT2D eigenvalue weighted by molar-refractivity contribution is 0.314. The average molecular weight is 170 g/mol. The first-order valence-electron chi connectivity index (χ1n) is 3.50. The van der Waals surface area contributed by atoms with Crippen molar-refractivity contribution in [2.45, 2.75) is 0 Å². The Kier molecular flexibility index (Phi) is 1.42. The Morgan fingerprint density at radius 3 is 3.27 bits per heavy atom. The van der Waals surface area contributed by atoms with Gasteiger partial charge in [0.15, 0.2) is 5.75 Å². The van der Waals surface area contributed by atoms with Gasteiger partial charge >= 0.3 is 0 Å². The molecule has 0 unspecified atom stereocenters. The molecule has 0 spiro atoms. The van der Waals surface area contributed by atoms with E-state index in [0.29, 0.717) is 0 Å². The van der Waals surface area contributed by atoms with Crippen LogP contribution >= 0.6 is 11.3 Å². The van der Waals surface area contributed by atoms with Gasteiger partial charge in [0.05, 0.1) is 11.5 Å². The van der Waals surface area contributed by atoms with Crippen molar-refractivity contribution in [1.82, 2.24) is 0 Å². The van der Waals surface area contributed by atoms with Crippen LogP contribution in [0.3, 0.4) is 0 Å². The summed E-state index contributed by atoms with van der Waals surface area (Å²) in [4.78, 5) is 2.17. The van der Waals surface area contributed by atoms with Crippen molar-refractivity contribution in [3.63, 3.8) is 0 Å². The van der Waals surface area contributed by atoms with Crippen molar-refractivity contribution in [3.05, 3.63) is 6.07 Å². The Balaban J connectivity index is 2.43. The molecule has 0 bridgehead atoms. The smallest absolute Gasteiger partial charge is 0.156 e. The largest absolute Gasteiger partial charge is 0.489 e. The number of nitrogens with two attached hydrogens (primary N) is 1. The van der Waals surface area contributed by atoms with Crippen molar-refractivity contribution in [2.24, 2.45) is 0 Å². The van der Waals surface area contributed by atoms with E-state index in [9.17, 15) is 0 Å². The zero-order valence-corrected chi connectivity index (χ0v) is 7.15. The maximum absolute atomic E-state index is 5.63. The summed E-state index contributed by atoms with van der Waals surface area (Å²) in [5, 5.41) is 1.97. The molecule has 0 fully saturated rings. The minimum atomic E-state index is 0.764. The summed E-state index contributed by atoms with van der Waals surface area (Å²) in [6.07, 6.45) is 0. The summed E-state index contributed by atoms with van der Waals surface area (Å²) in [6.45, 7) is 1.71. The number of rotatable bonds is 0. The first-order chi connectivity index (χ1) is 5.27. The van der Waals surface area contributed by atoms with E-state index < -0.39 is 0 Å². The van der Waals surface area contributed by atoms with E-state index >= 15 is 0 Å². The van der Waals surface area contributed by atoms with Gasteiger partial charge in [-0.15, -0.1) is 0 Å². The van der Waals surface area contributed by atoms with Crippen molar-refractivity contribution in [3.8, 4) is 5.75 Å². The molecule has 0 amide bonds. The maximum atomic E-state index is 5.63. The van der Waals surface area contributed by atoms with Gasteiger partial charge in [-0.05, 0) is 0 Å². The third kappa shape index (κ3) is 1.03. The summed E-state index contributed by atoms with van der Waals surface area (Å²) in [7, 11) is 2.05. The summed E-state index contributed by atoms with van der Waals surface area (Å²) in [5.41, 5.74) is 5.63. The molecule has 4 heteroatoms. The lowest BCUT2D eigenvalue weighted by Crippen LogP contribution is -2.27. The normalized spacial score (nSPS) is 15.9. The molecule has 1 aliphatic rings. The van der Waals surface area contributed by atoms with Gasteiger partial charge in [-0.1, -0.05) is 11.3 Å². The molecule has 2 N–H and O–H groups in total. The number of hydrogen-bond acceptors (Lipinski definition) is 4. The summed E-state index contributed by atoms with van der Waals surface area (Å²) in [6, 6.07) is 1.88. The Morgan fingerprint density at radius 1 is 1.73 bits per heavy atom. The van der Waals surface area contributed by atoms with Crippen LogP contribution in [0.5, 0.6) is 5.75 Å². The van der Waals surface area contributed by atoms with Crippen LogP contribution < -0.4 is 15.4 Å². The summed E-state index contributed by atoms with van der Waals surface area (Å²) < 4.78 is 5.40. The zero-order valence-electron chi connectivity index (χ0n) is 6.33. The van der Waals surface area contributed by atoms with Crippen LogP contribution in [0.2, 0.25) is 0 Å².